The van der Waals surface area contributed by atoms with E-state index in [2.05, 4.69) is 0 Å². The van der Waals surface area contributed by atoms with Gasteiger partial charge in [-0.1, -0.05) is 11.6 Å². The number of rotatable bonds is 4. The van der Waals surface area contributed by atoms with Gasteiger partial charge in [0.25, 0.3) is 5.91 Å². The van der Waals surface area contributed by atoms with Crippen LogP contribution in [-0.4, -0.2) is 54.4 Å². The largest absolute Gasteiger partial charge is 0.484 e. The Labute approximate surface area is 177 Å². The molecular formula is C23H29ClN2O3. The fourth-order valence-corrected chi connectivity index (χ4v) is 6.76. The maximum atomic E-state index is 13.5. The number of carbonyl (C=O) groups excluding carboxylic acids is 2. The molecular weight excluding hydrogens is 388 g/mol. The highest BCUT2D eigenvalue weighted by Gasteiger charge is 2.55. The third-order valence-electron chi connectivity index (χ3n) is 7.59. The van der Waals surface area contributed by atoms with Crippen molar-refractivity contribution in [3.8, 4) is 5.75 Å². The second kappa shape index (κ2) is 7.50. The fraction of sp³-hybridized carbons (Fsp3) is 0.652. The molecule has 1 aromatic carbocycles. The molecule has 1 heterocycles. The average molecular weight is 417 g/mol. The molecule has 0 unspecified atom stereocenters. The third kappa shape index (κ3) is 3.74. The van der Waals surface area contributed by atoms with Gasteiger partial charge in [0, 0.05) is 31.2 Å². The molecule has 2 amide bonds. The molecule has 0 radical (unpaired) electrons. The molecule has 4 bridgehead atoms. The summed E-state index contributed by atoms with van der Waals surface area (Å²) in [6.45, 7) is 2.51. The highest BCUT2D eigenvalue weighted by Crippen LogP contribution is 2.60. The summed E-state index contributed by atoms with van der Waals surface area (Å²) in [7, 11) is 0. The minimum absolute atomic E-state index is 0.0184. The van der Waals surface area contributed by atoms with Crippen molar-refractivity contribution in [1.29, 1.82) is 0 Å². The molecule has 0 aromatic heterocycles. The van der Waals surface area contributed by atoms with Crippen LogP contribution in [0.2, 0.25) is 5.02 Å². The summed E-state index contributed by atoms with van der Waals surface area (Å²) in [4.78, 5) is 29.8. The first-order valence-corrected chi connectivity index (χ1v) is 11.3. The minimum Gasteiger partial charge on any atom is -0.484 e. The van der Waals surface area contributed by atoms with Crippen molar-refractivity contribution < 1.29 is 14.3 Å². The van der Waals surface area contributed by atoms with Crippen LogP contribution in [0.1, 0.15) is 38.5 Å². The predicted octanol–water partition coefficient (Wildman–Crippen LogP) is 3.61. The molecule has 0 N–H and O–H groups in total. The molecule has 5 aliphatic rings. The van der Waals surface area contributed by atoms with E-state index in [1.54, 1.807) is 24.3 Å². The van der Waals surface area contributed by atoms with Crippen LogP contribution in [0, 0.1) is 23.2 Å². The maximum Gasteiger partial charge on any atom is 0.260 e. The van der Waals surface area contributed by atoms with E-state index >= 15 is 0 Å². The molecule has 6 rings (SSSR count). The molecule has 1 aliphatic heterocycles. The number of nitrogens with zero attached hydrogens (tertiary/aromatic N) is 2. The molecule has 4 aliphatic carbocycles. The van der Waals surface area contributed by atoms with E-state index in [1.165, 1.54) is 19.3 Å². The lowest BCUT2D eigenvalue weighted by Gasteiger charge is -2.57. The first kappa shape index (κ1) is 19.2. The van der Waals surface area contributed by atoms with E-state index in [0.717, 1.165) is 37.0 Å². The van der Waals surface area contributed by atoms with Gasteiger partial charge in [-0.2, -0.15) is 0 Å². The summed E-state index contributed by atoms with van der Waals surface area (Å²) in [6, 6.07) is 7.02. The topological polar surface area (TPSA) is 49.9 Å². The number of benzene rings is 1. The first-order valence-electron chi connectivity index (χ1n) is 11.0. The van der Waals surface area contributed by atoms with Crippen LogP contribution in [0.25, 0.3) is 0 Å². The number of hydrogen-bond donors (Lipinski definition) is 0. The lowest BCUT2D eigenvalue weighted by atomic mass is 9.49. The van der Waals surface area contributed by atoms with Crippen molar-refractivity contribution in [3.63, 3.8) is 0 Å². The van der Waals surface area contributed by atoms with Gasteiger partial charge < -0.3 is 14.5 Å². The summed E-state index contributed by atoms with van der Waals surface area (Å²) < 4.78 is 5.58. The minimum atomic E-state index is -0.0847. The van der Waals surface area contributed by atoms with Crippen LogP contribution >= 0.6 is 11.6 Å². The SMILES string of the molecule is O=C(COc1ccc(Cl)cc1)N1CCN(C(=O)C23CC4CC(CC(C4)C2)C3)CC1. The van der Waals surface area contributed by atoms with E-state index in [4.69, 9.17) is 16.3 Å². The molecule has 29 heavy (non-hydrogen) atoms. The van der Waals surface area contributed by atoms with Gasteiger partial charge in [0.15, 0.2) is 6.61 Å². The predicted molar refractivity (Wildman–Crippen MR) is 111 cm³/mol. The standard InChI is InChI=1S/C23H29ClN2O3/c24-19-1-3-20(4-2-19)29-15-21(27)25-5-7-26(8-6-25)22(28)23-12-16-9-17(13-23)11-18(10-16)14-23/h1-4,16-18H,5-15H2. The van der Waals surface area contributed by atoms with Gasteiger partial charge >= 0.3 is 0 Å². The highest BCUT2D eigenvalue weighted by atomic mass is 35.5. The lowest BCUT2D eigenvalue weighted by Crippen LogP contribution is -2.58. The average Bonchev–Trinajstić information content (AvgIpc) is 2.72. The normalized spacial score (nSPS) is 33.1. The molecule has 1 saturated heterocycles. The Kier molecular flexibility index (Phi) is 4.97. The third-order valence-corrected chi connectivity index (χ3v) is 7.84. The van der Waals surface area contributed by atoms with E-state index in [0.29, 0.717) is 42.9 Å². The molecule has 4 saturated carbocycles. The van der Waals surface area contributed by atoms with E-state index in [-0.39, 0.29) is 17.9 Å². The van der Waals surface area contributed by atoms with E-state index < -0.39 is 0 Å². The van der Waals surface area contributed by atoms with Gasteiger partial charge in [0.2, 0.25) is 5.91 Å². The van der Waals surface area contributed by atoms with Gasteiger partial charge in [0.05, 0.1) is 5.41 Å². The summed E-state index contributed by atoms with van der Waals surface area (Å²) in [6.07, 6.45) is 7.36. The van der Waals surface area contributed by atoms with Crippen molar-refractivity contribution in [2.75, 3.05) is 32.8 Å². The number of amides is 2. The zero-order valence-electron chi connectivity index (χ0n) is 16.8. The van der Waals surface area contributed by atoms with Crippen molar-refractivity contribution in [1.82, 2.24) is 9.80 Å². The zero-order chi connectivity index (χ0) is 20.0. The molecule has 156 valence electrons. The van der Waals surface area contributed by atoms with Crippen molar-refractivity contribution in [2.24, 2.45) is 23.2 Å². The molecule has 6 heteroatoms. The number of carbonyl (C=O) groups is 2. The van der Waals surface area contributed by atoms with Gasteiger partial charge in [-0.3, -0.25) is 9.59 Å². The Morgan fingerprint density at radius 1 is 0.897 bits per heavy atom. The fourth-order valence-electron chi connectivity index (χ4n) is 6.63. The van der Waals surface area contributed by atoms with Crippen LogP contribution < -0.4 is 4.74 Å². The van der Waals surface area contributed by atoms with E-state index in [9.17, 15) is 9.59 Å². The Balaban J connectivity index is 1.14. The molecule has 0 atom stereocenters. The number of piperazine rings is 1. The van der Waals surface area contributed by atoms with Crippen molar-refractivity contribution in [2.45, 2.75) is 38.5 Å². The summed E-state index contributed by atoms with van der Waals surface area (Å²) in [5.41, 5.74) is -0.0847. The quantitative estimate of drug-likeness (QED) is 0.753. The smallest absolute Gasteiger partial charge is 0.260 e. The first-order chi connectivity index (χ1) is 14.0. The number of hydrogen-bond acceptors (Lipinski definition) is 3. The Morgan fingerprint density at radius 2 is 1.41 bits per heavy atom. The van der Waals surface area contributed by atoms with Crippen LogP contribution in [0.5, 0.6) is 5.75 Å². The lowest BCUT2D eigenvalue weighted by molar-refractivity contribution is -0.160. The second-order valence-corrected chi connectivity index (χ2v) is 10.0. The summed E-state index contributed by atoms with van der Waals surface area (Å²) in [5.74, 6) is 3.32. The van der Waals surface area contributed by atoms with Gasteiger partial charge in [0.1, 0.15) is 5.75 Å². The molecule has 5 fully saturated rings. The Morgan fingerprint density at radius 3 is 1.97 bits per heavy atom. The van der Waals surface area contributed by atoms with Gasteiger partial charge in [-0.15, -0.1) is 0 Å². The Bertz CT molecular complexity index is 751. The van der Waals surface area contributed by atoms with Gasteiger partial charge in [-0.05, 0) is 80.5 Å². The van der Waals surface area contributed by atoms with Crippen LogP contribution in [0.4, 0.5) is 0 Å². The molecule has 0 spiro atoms. The van der Waals surface area contributed by atoms with Gasteiger partial charge in [-0.25, -0.2) is 0 Å². The maximum absolute atomic E-state index is 13.5. The number of ether oxygens (including phenoxy) is 1. The summed E-state index contributed by atoms with van der Waals surface area (Å²) in [5, 5.41) is 0.642. The second-order valence-electron chi connectivity index (χ2n) is 9.61. The van der Waals surface area contributed by atoms with Crippen molar-refractivity contribution >= 4 is 23.4 Å². The van der Waals surface area contributed by atoms with Crippen LogP contribution in [0.15, 0.2) is 24.3 Å². The van der Waals surface area contributed by atoms with Crippen molar-refractivity contribution in [3.05, 3.63) is 29.3 Å². The number of halogens is 1. The van der Waals surface area contributed by atoms with Crippen LogP contribution in [-0.2, 0) is 9.59 Å². The highest BCUT2D eigenvalue weighted by molar-refractivity contribution is 6.30. The zero-order valence-corrected chi connectivity index (χ0v) is 17.6. The summed E-state index contributed by atoms with van der Waals surface area (Å²) >= 11 is 5.87. The van der Waals surface area contributed by atoms with E-state index in [1.807, 2.05) is 9.80 Å². The monoisotopic (exact) mass is 416 g/mol. The van der Waals surface area contributed by atoms with Crippen LogP contribution in [0.3, 0.4) is 0 Å². The Hall–Kier alpha value is -1.75. The molecule has 5 nitrogen and oxygen atoms in total. The molecule has 1 aromatic rings.